The molecule has 0 spiro atoms. The summed E-state index contributed by atoms with van der Waals surface area (Å²) in [6.45, 7) is 2.05. The molecule has 74 valence electrons. The second-order valence-corrected chi connectivity index (χ2v) is 3.11. The fraction of sp³-hybridized carbons (Fsp3) is 0.300. The maximum atomic E-state index is 8.81. The predicted molar refractivity (Wildman–Crippen MR) is 51.8 cm³/mol. The Morgan fingerprint density at radius 1 is 1.57 bits per heavy atom. The molecule has 0 aliphatic heterocycles. The van der Waals surface area contributed by atoms with Crippen molar-refractivity contribution in [3.05, 3.63) is 29.8 Å². The summed E-state index contributed by atoms with van der Waals surface area (Å²) in [4.78, 5) is 7.45. The number of furan rings is 1. The highest BCUT2D eigenvalue weighted by atomic mass is 16.3. The van der Waals surface area contributed by atoms with E-state index in [0.717, 1.165) is 23.0 Å². The number of hydrogen-bond donors (Lipinski definition) is 2. The first kappa shape index (κ1) is 9.02. The van der Waals surface area contributed by atoms with Crippen molar-refractivity contribution in [3.63, 3.8) is 0 Å². The van der Waals surface area contributed by atoms with Crippen LogP contribution >= 0.6 is 0 Å². The first-order chi connectivity index (χ1) is 6.81. The average molecular weight is 192 g/mol. The van der Waals surface area contributed by atoms with Gasteiger partial charge >= 0.3 is 0 Å². The molecule has 4 heteroatoms. The van der Waals surface area contributed by atoms with Gasteiger partial charge < -0.3 is 14.5 Å². The number of aromatic amines is 1. The van der Waals surface area contributed by atoms with Crippen molar-refractivity contribution in [2.24, 2.45) is 0 Å². The highest BCUT2D eigenvalue weighted by Gasteiger charge is 2.09. The third-order valence-electron chi connectivity index (χ3n) is 2.09. The molecule has 2 aromatic rings. The number of aliphatic hydroxyl groups is 1. The number of imidazole rings is 1. The number of rotatable bonds is 3. The minimum Gasteiger partial charge on any atom is -0.461 e. The van der Waals surface area contributed by atoms with Gasteiger partial charge in [0.2, 0.25) is 0 Å². The van der Waals surface area contributed by atoms with Crippen LogP contribution in [0.2, 0.25) is 0 Å². The Morgan fingerprint density at radius 3 is 3.07 bits per heavy atom. The van der Waals surface area contributed by atoms with E-state index in [9.17, 15) is 0 Å². The van der Waals surface area contributed by atoms with Crippen molar-refractivity contribution >= 4 is 0 Å². The van der Waals surface area contributed by atoms with E-state index in [2.05, 4.69) is 9.97 Å². The van der Waals surface area contributed by atoms with E-state index in [4.69, 9.17) is 9.52 Å². The Balaban J connectivity index is 2.33. The summed E-state index contributed by atoms with van der Waals surface area (Å²) in [5.74, 6) is 1.44. The van der Waals surface area contributed by atoms with Crippen molar-refractivity contribution in [1.82, 2.24) is 9.97 Å². The Hall–Kier alpha value is -1.55. The molecule has 2 N–H and O–H groups in total. The molecule has 0 aromatic carbocycles. The average Bonchev–Trinajstić information content (AvgIpc) is 2.76. The lowest BCUT2D eigenvalue weighted by molar-refractivity contribution is 0.298. The number of hydrogen-bond acceptors (Lipinski definition) is 3. The quantitative estimate of drug-likeness (QED) is 0.774. The van der Waals surface area contributed by atoms with Crippen LogP contribution in [0.1, 0.15) is 11.4 Å². The van der Waals surface area contributed by atoms with Crippen molar-refractivity contribution in [3.8, 4) is 11.6 Å². The first-order valence-corrected chi connectivity index (χ1v) is 4.51. The summed E-state index contributed by atoms with van der Waals surface area (Å²) in [5.41, 5.74) is 1.87. The number of aromatic nitrogens is 2. The molecule has 2 heterocycles. The molecule has 0 unspecified atom stereocenters. The van der Waals surface area contributed by atoms with Gasteiger partial charge in [0.25, 0.3) is 0 Å². The SMILES string of the molecule is Cc1[nH]c(-c2ccco2)nc1CCO. The summed E-state index contributed by atoms with van der Waals surface area (Å²) >= 11 is 0. The summed E-state index contributed by atoms with van der Waals surface area (Å²) in [7, 11) is 0. The number of nitrogens with zero attached hydrogens (tertiary/aromatic N) is 1. The molecule has 0 aliphatic rings. The fourth-order valence-corrected chi connectivity index (χ4v) is 1.38. The summed E-state index contributed by atoms with van der Waals surface area (Å²) in [5, 5.41) is 8.81. The highest BCUT2D eigenvalue weighted by Crippen LogP contribution is 2.18. The first-order valence-electron chi connectivity index (χ1n) is 4.51. The van der Waals surface area contributed by atoms with Crippen molar-refractivity contribution in [2.75, 3.05) is 6.61 Å². The second-order valence-electron chi connectivity index (χ2n) is 3.11. The van der Waals surface area contributed by atoms with Crippen LogP contribution in [0.3, 0.4) is 0 Å². The lowest BCUT2D eigenvalue weighted by Crippen LogP contribution is -1.92. The standard InChI is InChI=1S/C10H12N2O2/c1-7-8(4-5-13)12-10(11-7)9-3-2-6-14-9/h2-3,6,13H,4-5H2,1H3,(H,11,12). The molecule has 0 saturated carbocycles. The van der Waals surface area contributed by atoms with Gasteiger partial charge in [0.05, 0.1) is 12.0 Å². The predicted octanol–water partition coefficient (Wildman–Crippen LogP) is 1.51. The lowest BCUT2D eigenvalue weighted by Gasteiger charge is -1.90. The summed E-state index contributed by atoms with van der Waals surface area (Å²) in [6, 6.07) is 3.67. The van der Waals surface area contributed by atoms with Gasteiger partial charge in [-0.05, 0) is 19.1 Å². The van der Waals surface area contributed by atoms with E-state index in [0.29, 0.717) is 6.42 Å². The van der Waals surface area contributed by atoms with Crippen molar-refractivity contribution < 1.29 is 9.52 Å². The number of aliphatic hydroxyl groups excluding tert-OH is 1. The molecular formula is C10H12N2O2. The molecule has 0 amide bonds. The van der Waals surface area contributed by atoms with E-state index in [1.807, 2.05) is 19.1 Å². The molecule has 4 nitrogen and oxygen atoms in total. The third kappa shape index (κ3) is 1.56. The largest absolute Gasteiger partial charge is 0.461 e. The Kier molecular flexibility index (Phi) is 2.37. The topological polar surface area (TPSA) is 62.0 Å². The minimum atomic E-state index is 0.114. The van der Waals surface area contributed by atoms with Crippen LogP contribution in [0, 0.1) is 6.92 Å². The van der Waals surface area contributed by atoms with E-state index in [1.54, 1.807) is 6.26 Å². The molecule has 0 fully saturated rings. The molecule has 14 heavy (non-hydrogen) atoms. The number of nitrogens with one attached hydrogen (secondary N) is 1. The summed E-state index contributed by atoms with van der Waals surface area (Å²) in [6.07, 6.45) is 2.18. The zero-order valence-corrected chi connectivity index (χ0v) is 7.95. The van der Waals surface area contributed by atoms with Gasteiger partial charge in [-0.2, -0.15) is 0 Å². The van der Waals surface area contributed by atoms with Gasteiger partial charge in [-0.25, -0.2) is 4.98 Å². The van der Waals surface area contributed by atoms with Crippen LogP contribution in [0.4, 0.5) is 0 Å². The van der Waals surface area contributed by atoms with Gasteiger partial charge in [0.15, 0.2) is 11.6 Å². The van der Waals surface area contributed by atoms with Gasteiger partial charge in [-0.3, -0.25) is 0 Å². The maximum Gasteiger partial charge on any atom is 0.173 e. The van der Waals surface area contributed by atoms with Gasteiger partial charge in [0.1, 0.15) is 0 Å². The van der Waals surface area contributed by atoms with Crippen molar-refractivity contribution in [1.29, 1.82) is 0 Å². The zero-order chi connectivity index (χ0) is 9.97. The molecule has 0 atom stereocenters. The molecule has 0 aliphatic carbocycles. The fourth-order valence-electron chi connectivity index (χ4n) is 1.38. The maximum absolute atomic E-state index is 8.81. The van der Waals surface area contributed by atoms with Crippen LogP contribution in [0.15, 0.2) is 22.8 Å². The molecule has 2 rings (SSSR count). The molecule has 0 bridgehead atoms. The summed E-state index contributed by atoms with van der Waals surface area (Å²) < 4.78 is 5.21. The van der Waals surface area contributed by atoms with Crippen LogP contribution in [0.25, 0.3) is 11.6 Å². The van der Waals surface area contributed by atoms with Gasteiger partial charge in [-0.15, -0.1) is 0 Å². The van der Waals surface area contributed by atoms with Gasteiger partial charge in [0, 0.05) is 18.7 Å². The Labute approximate surface area is 81.6 Å². The Morgan fingerprint density at radius 2 is 2.43 bits per heavy atom. The van der Waals surface area contributed by atoms with E-state index in [1.165, 1.54) is 0 Å². The lowest BCUT2D eigenvalue weighted by atomic mass is 10.3. The third-order valence-corrected chi connectivity index (χ3v) is 2.09. The normalized spacial score (nSPS) is 10.7. The van der Waals surface area contributed by atoms with Gasteiger partial charge in [-0.1, -0.05) is 0 Å². The van der Waals surface area contributed by atoms with E-state index >= 15 is 0 Å². The van der Waals surface area contributed by atoms with Crippen LogP contribution in [0.5, 0.6) is 0 Å². The minimum absolute atomic E-state index is 0.114. The van der Waals surface area contributed by atoms with Crippen molar-refractivity contribution in [2.45, 2.75) is 13.3 Å². The molecule has 0 radical (unpaired) electrons. The zero-order valence-electron chi connectivity index (χ0n) is 7.95. The molecular weight excluding hydrogens is 180 g/mol. The van der Waals surface area contributed by atoms with Crippen LogP contribution in [-0.4, -0.2) is 21.7 Å². The van der Waals surface area contributed by atoms with Crippen LogP contribution < -0.4 is 0 Å². The molecule has 0 saturated heterocycles. The monoisotopic (exact) mass is 192 g/mol. The smallest absolute Gasteiger partial charge is 0.173 e. The van der Waals surface area contributed by atoms with E-state index < -0.39 is 0 Å². The van der Waals surface area contributed by atoms with E-state index in [-0.39, 0.29) is 6.61 Å². The second kappa shape index (κ2) is 3.67. The highest BCUT2D eigenvalue weighted by molar-refractivity contribution is 5.47. The molecule has 2 aromatic heterocycles. The number of H-pyrrole nitrogens is 1. The number of aryl methyl sites for hydroxylation is 1. The van der Waals surface area contributed by atoms with Crippen LogP contribution in [-0.2, 0) is 6.42 Å². The Bertz CT molecular complexity index is 404.